The number of hydrogen-bond donors (Lipinski definition) is 0. The Balaban J connectivity index is 1.68. The molecule has 8 heteroatoms. The molecule has 1 fully saturated rings. The van der Waals surface area contributed by atoms with Crippen LogP contribution in [0.25, 0.3) is 0 Å². The molecule has 1 saturated heterocycles. The molecule has 0 aromatic heterocycles. The standard InChI is InChI=1S/C22H25N3O4S/c1-24(30(27,28)21-10-8-17(15-23)9-11-21)16-22(26)25-12-4-6-19(25)13-18-5-3-7-20(14-18)29-2/h3,5,7-11,14,19H,4,6,12-13,16H2,1-2H3. The van der Waals surface area contributed by atoms with Crippen LogP contribution in [0.4, 0.5) is 0 Å². The molecule has 0 radical (unpaired) electrons. The predicted octanol–water partition coefficient (Wildman–Crippen LogP) is 2.42. The van der Waals surface area contributed by atoms with E-state index in [0.29, 0.717) is 18.5 Å². The average molecular weight is 428 g/mol. The number of amides is 1. The minimum Gasteiger partial charge on any atom is -0.497 e. The lowest BCUT2D eigenvalue weighted by Gasteiger charge is -2.27. The van der Waals surface area contributed by atoms with Crippen LogP contribution in [0.3, 0.4) is 0 Å². The highest BCUT2D eigenvalue weighted by Crippen LogP contribution is 2.24. The second kappa shape index (κ2) is 9.28. The number of likely N-dealkylation sites (tertiary alicyclic amines) is 1. The lowest BCUT2D eigenvalue weighted by molar-refractivity contribution is -0.132. The van der Waals surface area contributed by atoms with Gasteiger partial charge in [-0.1, -0.05) is 12.1 Å². The molecule has 0 saturated carbocycles. The molecule has 1 aliphatic heterocycles. The number of sulfonamides is 1. The second-order valence-electron chi connectivity index (χ2n) is 7.34. The van der Waals surface area contributed by atoms with Crippen molar-refractivity contribution in [1.82, 2.24) is 9.21 Å². The van der Waals surface area contributed by atoms with Crippen molar-refractivity contribution in [3.63, 3.8) is 0 Å². The first-order valence-electron chi connectivity index (χ1n) is 9.74. The van der Waals surface area contributed by atoms with E-state index in [0.717, 1.165) is 28.5 Å². The summed E-state index contributed by atoms with van der Waals surface area (Å²) in [6.07, 6.45) is 2.48. The number of methoxy groups -OCH3 is 1. The van der Waals surface area contributed by atoms with E-state index < -0.39 is 10.0 Å². The molecule has 30 heavy (non-hydrogen) atoms. The van der Waals surface area contributed by atoms with E-state index in [1.807, 2.05) is 30.3 Å². The first-order chi connectivity index (χ1) is 14.3. The van der Waals surface area contributed by atoms with Gasteiger partial charge in [0.05, 0.1) is 30.2 Å². The molecule has 2 aromatic carbocycles. The quantitative estimate of drug-likeness (QED) is 0.677. The summed E-state index contributed by atoms with van der Waals surface area (Å²) in [6.45, 7) is 0.398. The van der Waals surface area contributed by atoms with Crippen LogP contribution < -0.4 is 4.74 Å². The van der Waals surface area contributed by atoms with Crippen molar-refractivity contribution in [2.45, 2.75) is 30.2 Å². The Morgan fingerprint density at radius 3 is 2.67 bits per heavy atom. The largest absolute Gasteiger partial charge is 0.497 e. The van der Waals surface area contributed by atoms with Gasteiger partial charge < -0.3 is 9.64 Å². The normalized spacial score (nSPS) is 16.5. The lowest BCUT2D eigenvalue weighted by Crippen LogP contribution is -2.44. The van der Waals surface area contributed by atoms with E-state index in [1.165, 1.54) is 31.3 Å². The fraction of sp³-hybridized carbons (Fsp3) is 0.364. The second-order valence-corrected chi connectivity index (χ2v) is 9.38. The molecule has 0 aliphatic carbocycles. The fourth-order valence-electron chi connectivity index (χ4n) is 3.70. The Morgan fingerprint density at radius 1 is 1.27 bits per heavy atom. The van der Waals surface area contributed by atoms with Crippen LogP contribution in [0.1, 0.15) is 24.0 Å². The highest BCUT2D eigenvalue weighted by Gasteiger charge is 2.31. The van der Waals surface area contributed by atoms with Crippen molar-refractivity contribution in [3.05, 3.63) is 59.7 Å². The Morgan fingerprint density at radius 2 is 2.00 bits per heavy atom. The van der Waals surface area contributed by atoms with Crippen molar-refractivity contribution >= 4 is 15.9 Å². The SMILES string of the molecule is COc1cccc(CC2CCCN2C(=O)CN(C)S(=O)(=O)c2ccc(C#N)cc2)c1. The van der Waals surface area contributed by atoms with Gasteiger partial charge in [0, 0.05) is 19.6 Å². The Labute approximate surface area is 177 Å². The van der Waals surface area contributed by atoms with Gasteiger partial charge in [-0.3, -0.25) is 4.79 Å². The minimum absolute atomic E-state index is 0.0376. The first-order valence-corrected chi connectivity index (χ1v) is 11.2. The van der Waals surface area contributed by atoms with Gasteiger partial charge in [-0.05, 0) is 61.2 Å². The zero-order chi connectivity index (χ0) is 21.7. The van der Waals surface area contributed by atoms with Gasteiger partial charge in [-0.25, -0.2) is 8.42 Å². The number of nitriles is 1. The number of nitrogens with zero attached hydrogens (tertiary/aromatic N) is 3. The Hall–Kier alpha value is -2.89. The third-order valence-electron chi connectivity index (χ3n) is 5.35. The monoisotopic (exact) mass is 427 g/mol. The van der Waals surface area contributed by atoms with Crippen LogP contribution in [0.2, 0.25) is 0 Å². The highest BCUT2D eigenvalue weighted by atomic mass is 32.2. The zero-order valence-electron chi connectivity index (χ0n) is 17.1. The number of rotatable bonds is 7. The van der Waals surface area contributed by atoms with Gasteiger partial charge in [-0.15, -0.1) is 0 Å². The predicted molar refractivity (Wildman–Crippen MR) is 112 cm³/mol. The maximum absolute atomic E-state index is 12.9. The number of carbonyl (C=O) groups excluding carboxylic acids is 1. The van der Waals surface area contributed by atoms with E-state index in [2.05, 4.69) is 0 Å². The summed E-state index contributed by atoms with van der Waals surface area (Å²) in [5.74, 6) is 0.566. The molecule has 1 heterocycles. The topological polar surface area (TPSA) is 90.7 Å². The smallest absolute Gasteiger partial charge is 0.243 e. The number of hydrogen-bond acceptors (Lipinski definition) is 5. The molecular formula is C22H25N3O4S. The van der Waals surface area contributed by atoms with Gasteiger partial charge >= 0.3 is 0 Å². The molecule has 1 atom stereocenters. The van der Waals surface area contributed by atoms with Crippen LogP contribution in [0.15, 0.2) is 53.4 Å². The molecule has 1 amide bonds. The van der Waals surface area contributed by atoms with E-state index in [1.54, 1.807) is 12.0 Å². The molecule has 158 valence electrons. The molecule has 2 aromatic rings. The molecule has 1 unspecified atom stereocenters. The molecule has 0 spiro atoms. The Bertz CT molecular complexity index is 1040. The van der Waals surface area contributed by atoms with Gasteiger partial charge in [0.25, 0.3) is 0 Å². The van der Waals surface area contributed by atoms with Gasteiger partial charge in [0.15, 0.2) is 0 Å². The summed E-state index contributed by atoms with van der Waals surface area (Å²) in [4.78, 5) is 14.8. The van der Waals surface area contributed by atoms with E-state index in [9.17, 15) is 13.2 Å². The van der Waals surface area contributed by atoms with Crippen molar-refractivity contribution in [2.75, 3.05) is 27.2 Å². The summed E-state index contributed by atoms with van der Waals surface area (Å²) < 4.78 is 31.9. The molecule has 7 nitrogen and oxygen atoms in total. The Kier molecular flexibility index (Phi) is 6.75. The third kappa shape index (κ3) is 4.81. The number of ether oxygens (including phenoxy) is 1. The molecular weight excluding hydrogens is 402 g/mol. The lowest BCUT2D eigenvalue weighted by atomic mass is 10.0. The molecule has 1 aliphatic rings. The summed E-state index contributed by atoms with van der Waals surface area (Å²) in [6, 6.07) is 15.4. The maximum atomic E-state index is 12.9. The van der Waals surface area contributed by atoms with Crippen LogP contribution in [0.5, 0.6) is 5.75 Å². The zero-order valence-corrected chi connectivity index (χ0v) is 17.9. The van der Waals surface area contributed by atoms with Crippen LogP contribution >= 0.6 is 0 Å². The maximum Gasteiger partial charge on any atom is 0.243 e. The van der Waals surface area contributed by atoms with Gasteiger partial charge in [0.1, 0.15) is 5.75 Å². The fourth-order valence-corrected chi connectivity index (χ4v) is 4.82. The van der Waals surface area contributed by atoms with Crippen molar-refractivity contribution in [1.29, 1.82) is 5.26 Å². The van der Waals surface area contributed by atoms with Crippen LogP contribution in [0, 0.1) is 11.3 Å². The first kappa shape index (κ1) is 21.8. The van der Waals surface area contributed by atoms with E-state index in [-0.39, 0.29) is 23.4 Å². The van der Waals surface area contributed by atoms with Crippen molar-refractivity contribution in [2.24, 2.45) is 0 Å². The van der Waals surface area contributed by atoms with Crippen LogP contribution in [-0.2, 0) is 21.2 Å². The molecule has 0 N–H and O–H groups in total. The summed E-state index contributed by atoms with van der Waals surface area (Å²) in [7, 11) is -0.793. The average Bonchev–Trinajstić information content (AvgIpc) is 3.22. The number of benzene rings is 2. The summed E-state index contributed by atoms with van der Waals surface area (Å²) >= 11 is 0. The van der Waals surface area contributed by atoms with Crippen molar-refractivity contribution in [3.8, 4) is 11.8 Å². The van der Waals surface area contributed by atoms with Gasteiger partial charge in [0.2, 0.25) is 15.9 Å². The van der Waals surface area contributed by atoms with Crippen LogP contribution in [-0.4, -0.2) is 56.8 Å². The van der Waals surface area contributed by atoms with E-state index >= 15 is 0 Å². The molecule has 0 bridgehead atoms. The number of carbonyl (C=O) groups is 1. The number of likely N-dealkylation sites (N-methyl/N-ethyl adjacent to an activating group) is 1. The van der Waals surface area contributed by atoms with Crippen molar-refractivity contribution < 1.29 is 17.9 Å². The third-order valence-corrected chi connectivity index (χ3v) is 7.17. The highest BCUT2D eigenvalue weighted by molar-refractivity contribution is 7.89. The summed E-state index contributed by atoms with van der Waals surface area (Å²) in [5.41, 5.74) is 1.46. The molecule has 3 rings (SSSR count). The summed E-state index contributed by atoms with van der Waals surface area (Å²) in [5, 5.41) is 8.87. The van der Waals surface area contributed by atoms with Gasteiger partial charge in [-0.2, -0.15) is 9.57 Å². The van der Waals surface area contributed by atoms with E-state index in [4.69, 9.17) is 10.00 Å². The minimum atomic E-state index is -3.81.